The van der Waals surface area contributed by atoms with Gasteiger partial charge in [0.15, 0.2) is 0 Å². The van der Waals surface area contributed by atoms with E-state index in [0.29, 0.717) is 42.6 Å². The van der Waals surface area contributed by atoms with Crippen LogP contribution in [0.15, 0.2) is 65.7 Å². The van der Waals surface area contributed by atoms with Gasteiger partial charge in [-0.25, -0.2) is 23.5 Å². The Bertz CT molecular complexity index is 1740. The molecular weight excluding hydrogens is 542 g/mol. The second-order valence-electron chi connectivity index (χ2n) is 10.4. The predicted molar refractivity (Wildman–Crippen MR) is 155 cm³/mol. The molecule has 3 heterocycles. The number of pyridine rings is 2. The highest BCUT2D eigenvalue weighted by atomic mass is 32.2. The Morgan fingerprint density at radius 3 is 2.54 bits per heavy atom. The summed E-state index contributed by atoms with van der Waals surface area (Å²) in [6, 6.07) is 17.9. The van der Waals surface area contributed by atoms with E-state index in [2.05, 4.69) is 20.9 Å². The molecule has 0 radical (unpaired) electrons. The van der Waals surface area contributed by atoms with Crippen LogP contribution in [0.2, 0.25) is 0 Å². The SMILES string of the molecule is Cc1cc([C@@H](C)Oc2ccccc2S(N)(=O)=O)c2cc(-c3ccc(N4CCC(O)(CO)CC4)nc3)c(C#N)nc2c1. The lowest BCUT2D eigenvalue weighted by molar-refractivity contribution is -0.0326. The molecule has 1 saturated heterocycles. The third kappa shape index (κ3) is 5.87. The van der Waals surface area contributed by atoms with E-state index in [4.69, 9.17) is 9.88 Å². The molecule has 0 aliphatic carbocycles. The van der Waals surface area contributed by atoms with Crippen LogP contribution in [0.1, 0.15) is 42.7 Å². The summed E-state index contributed by atoms with van der Waals surface area (Å²) < 4.78 is 30.3. The molecule has 1 atom stereocenters. The van der Waals surface area contributed by atoms with E-state index in [1.165, 1.54) is 6.07 Å². The smallest absolute Gasteiger partial charge is 0.241 e. The number of hydrogen-bond donors (Lipinski definition) is 3. The van der Waals surface area contributed by atoms with Crippen LogP contribution in [0.25, 0.3) is 22.0 Å². The van der Waals surface area contributed by atoms with Crippen molar-refractivity contribution < 1.29 is 23.4 Å². The molecule has 2 aromatic carbocycles. The lowest BCUT2D eigenvalue weighted by Gasteiger charge is -2.37. The molecule has 2 aromatic heterocycles. The molecule has 0 spiro atoms. The maximum atomic E-state index is 12.1. The van der Waals surface area contributed by atoms with Gasteiger partial charge in [-0.15, -0.1) is 0 Å². The molecule has 0 saturated carbocycles. The van der Waals surface area contributed by atoms with Gasteiger partial charge in [0.2, 0.25) is 10.0 Å². The molecule has 41 heavy (non-hydrogen) atoms. The number of aryl methyl sites for hydroxylation is 1. The minimum atomic E-state index is -3.99. The molecule has 11 heteroatoms. The van der Waals surface area contributed by atoms with Crippen LogP contribution in [0.4, 0.5) is 5.82 Å². The normalized spacial score (nSPS) is 15.9. The molecule has 10 nitrogen and oxygen atoms in total. The van der Waals surface area contributed by atoms with E-state index in [9.17, 15) is 23.9 Å². The van der Waals surface area contributed by atoms with E-state index in [-0.39, 0.29) is 22.9 Å². The first-order chi connectivity index (χ1) is 19.5. The van der Waals surface area contributed by atoms with Crippen molar-refractivity contribution in [1.82, 2.24) is 9.97 Å². The summed E-state index contributed by atoms with van der Waals surface area (Å²) in [4.78, 5) is 11.2. The minimum absolute atomic E-state index is 0.102. The number of fused-ring (bicyclic) bond motifs is 1. The fourth-order valence-corrected chi connectivity index (χ4v) is 5.83. The summed E-state index contributed by atoms with van der Waals surface area (Å²) in [6.07, 6.45) is 2.02. The standard InChI is InChI=1S/C30H31N5O5S/c1-19-13-22(20(2)40-27-5-3-4-6-28(27)41(32,38)39)24-15-23(26(16-31)34-25(24)14-19)21-7-8-29(33-17-21)35-11-9-30(37,18-36)10-12-35/h3-8,13-15,17,20,36-37H,9-12,18H2,1-2H3,(H2,32,38,39)/t20-/m1/s1. The Kier molecular flexibility index (Phi) is 7.68. The number of nitriles is 1. The van der Waals surface area contributed by atoms with Gasteiger partial charge < -0.3 is 19.8 Å². The lowest BCUT2D eigenvalue weighted by Crippen LogP contribution is -2.46. The Morgan fingerprint density at radius 2 is 1.90 bits per heavy atom. The number of anilines is 1. The van der Waals surface area contributed by atoms with E-state index < -0.39 is 21.7 Å². The van der Waals surface area contributed by atoms with Gasteiger partial charge in [-0.05, 0) is 68.7 Å². The monoisotopic (exact) mass is 573 g/mol. The molecule has 1 fully saturated rings. The van der Waals surface area contributed by atoms with E-state index >= 15 is 0 Å². The maximum Gasteiger partial charge on any atom is 0.241 e. The maximum absolute atomic E-state index is 12.1. The number of nitrogens with two attached hydrogens (primary N) is 1. The van der Waals surface area contributed by atoms with Crippen molar-refractivity contribution in [3.63, 3.8) is 0 Å². The molecular formula is C30H31N5O5S. The number of rotatable bonds is 7. The number of aromatic nitrogens is 2. The molecule has 0 bridgehead atoms. The third-order valence-electron chi connectivity index (χ3n) is 7.49. The molecule has 1 aliphatic rings. The second kappa shape index (κ2) is 11.1. The first kappa shape index (κ1) is 28.4. The Morgan fingerprint density at radius 1 is 1.17 bits per heavy atom. The van der Waals surface area contributed by atoms with Crippen LogP contribution in [0, 0.1) is 18.3 Å². The van der Waals surface area contributed by atoms with Gasteiger partial charge >= 0.3 is 0 Å². The average molecular weight is 574 g/mol. The Balaban J connectivity index is 1.51. The van der Waals surface area contributed by atoms with Gasteiger partial charge in [-0.1, -0.05) is 18.2 Å². The topological polar surface area (TPSA) is 163 Å². The number of piperidine rings is 1. The first-order valence-corrected chi connectivity index (χ1v) is 14.7. The molecule has 0 amide bonds. The fraction of sp³-hybridized carbons (Fsp3) is 0.300. The molecule has 1 aliphatic heterocycles. The summed E-state index contributed by atoms with van der Waals surface area (Å²) in [5.74, 6) is 0.891. The number of aliphatic hydroxyl groups excluding tert-OH is 1. The van der Waals surface area contributed by atoms with Crippen LogP contribution >= 0.6 is 0 Å². The number of nitrogens with zero attached hydrogens (tertiary/aromatic N) is 4. The molecule has 212 valence electrons. The quantitative estimate of drug-likeness (QED) is 0.300. The van der Waals surface area contributed by atoms with Crippen molar-refractivity contribution in [3.8, 4) is 22.9 Å². The fourth-order valence-electron chi connectivity index (χ4n) is 5.17. The van der Waals surface area contributed by atoms with Crippen LogP contribution < -0.4 is 14.8 Å². The number of benzene rings is 2. The van der Waals surface area contributed by atoms with Crippen molar-refractivity contribution in [2.24, 2.45) is 5.14 Å². The summed E-state index contributed by atoms with van der Waals surface area (Å²) >= 11 is 0. The average Bonchev–Trinajstić information content (AvgIpc) is 2.96. The summed E-state index contributed by atoms with van der Waals surface area (Å²) in [7, 11) is -3.99. The third-order valence-corrected chi connectivity index (χ3v) is 8.44. The first-order valence-electron chi connectivity index (χ1n) is 13.2. The largest absolute Gasteiger partial charge is 0.485 e. The number of ether oxygens (including phenoxy) is 1. The van der Waals surface area contributed by atoms with Crippen LogP contribution in [-0.4, -0.2) is 53.9 Å². The number of primary sulfonamides is 1. The number of sulfonamides is 1. The molecule has 5 rings (SSSR count). The van der Waals surface area contributed by atoms with Gasteiger partial charge in [0.05, 0.1) is 17.7 Å². The van der Waals surface area contributed by atoms with Crippen LogP contribution in [0.3, 0.4) is 0 Å². The van der Waals surface area contributed by atoms with E-state index in [0.717, 1.165) is 22.3 Å². The number of para-hydroxylation sites is 1. The Labute approximate surface area is 238 Å². The molecule has 0 unspecified atom stereocenters. The van der Waals surface area contributed by atoms with Gasteiger partial charge in [-0.3, -0.25) is 0 Å². The van der Waals surface area contributed by atoms with Gasteiger partial charge in [0, 0.05) is 41.4 Å². The Hall–Kier alpha value is -4.08. The van der Waals surface area contributed by atoms with Gasteiger partial charge in [-0.2, -0.15) is 5.26 Å². The molecule has 4 aromatic rings. The lowest BCUT2D eigenvalue weighted by atomic mass is 9.92. The number of hydrogen-bond acceptors (Lipinski definition) is 9. The summed E-state index contributed by atoms with van der Waals surface area (Å²) in [5.41, 5.74) is 2.82. The predicted octanol–water partition coefficient (Wildman–Crippen LogP) is 3.59. The van der Waals surface area contributed by atoms with Crippen LogP contribution in [0.5, 0.6) is 5.75 Å². The highest BCUT2D eigenvalue weighted by Crippen LogP contribution is 2.35. The van der Waals surface area contributed by atoms with Crippen molar-refractivity contribution in [3.05, 3.63) is 77.6 Å². The summed E-state index contributed by atoms with van der Waals surface area (Å²) in [5, 5.41) is 35.8. The van der Waals surface area contributed by atoms with Gasteiger partial charge in [0.25, 0.3) is 0 Å². The highest BCUT2D eigenvalue weighted by molar-refractivity contribution is 7.89. The minimum Gasteiger partial charge on any atom is -0.485 e. The van der Waals surface area contributed by atoms with Crippen molar-refractivity contribution in [2.45, 2.75) is 43.3 Å². The van der Waals surface area contributed by atoms with Gasteiger partial charge in [0.1, 0.15) is 34.3 Å². The second-order valence-corrected chi connectivity index (χ2v) is 12.0. The highest BCUT2D eigenvalue weighted by Gasteiger charge is 2.32. The zero-order valence-electron chi connectivity index (χ0n) is 22.8. The van der Waals surface area contributed by atoms with Crippen LogP contribution in [-0.2, 0) is 10.0 Å². The van der Waals surface area contributed by atoms with E-state index in [1.54, 1.807) is 24.4 Å². The van der Waals surface area contributed by atoms with Crippen molar-refractivity contribution in [2.75, 3.05) is 24.6 Å². The zero-order valence-corrected chi connectivity index (χ0v) is 23.6. The molecule has 4 N–H and O–H groups in total. The van der Waals surface area contributed by atoms with Crippen molar-refractivity contribution >= 4 is 26.7 Å². The number of aliphatic hydroxyl groups is 2. The summed E-state index contributed by atoms with van der Waals surface area (Å²) in [6.45, 7) is 4.61. The van der Waals surface area contributed by atoms with E-state index in [1.807, 2.05) is 44.2 Å². The zero-order chi connectivity index (χ0) is 29.4. The van der Waals surface area contributed by atoms with Crippen molar-refractivity contribution in [1.29, 1.82) is 5.26 Å².